The van der Waals surface area contributed by atoms with Crippen LogP contribution in [0.25, 0.3) is 6.08 Å². The molecule has 2 aromatic carbocycles. The van der Waals surface area contributed by atoms with Gasteiger partial charge in [0.1, 0.15) is 5.75 Å². The van der Waals surface area contributed by atoms with Crippen LogP contribution in [0.2, 0.25) is 0 Å². The Morgan fingerprint density at radius 2 is 1.71 bits per heavy atom. The van der Waals surface area contributed by atoms with Crippen molar-refractivity contribution in [1.29, 1.82) is 0 Å². The van der Waals surface area contributed by atoms with Crippen molar-refractivity contribution >= 4 is 23.4 Å². The monoisotopic (exact) mass is 384 g/mol. The molecule has 28 heavy (non-hydrogen) atoms. The predicted octanol–water partition coefficient (Wildman–Crippen LogP) is 3.19. The molecule has 0 radical (unpaired) electrons. The van der Waals surface area contributed by atoms with E-state index in [-0.39, 0.29) is 5.91 Å². The molecule has 1 amide bonds. The maximum Gasteiger partial charge on any atom is 0.251 e. The van der Waals surface area contributed by atoms with Crippen LogP contribution in [-0.2, 0) is 4.79 Å². The minimum absolute atomic E-state index is 0.110. The molecule has 0 aliphatic carbocycles. The van der Waals surface area contributed by atoms with E-state index < -0.39 is 0 Å². The predicted molar refractivity (Wildman–Crippen MR) is 109 cm³/mol. The fourth-order valence-electron chi connectivity index (χ4n) is 3.13. The fourth-order valence-corrected chi connectivity index (χ4v) is 3.13. The molecule has 7 nitrogen and oxygen atoms in total. The van der Waals surface area contributed by atoms with Gasteiger partial charge in [0.2, 0.25) is 5.75 Å². The molecular formula is C21H24N2O5. The molecule has 0 atom stereocenters. The quantitative estimate of drug-likeness (QED) is 0.772. The van der Waals surface area contributed by atoms with Crippen LogP contribution in [0.1, 0.15) is 5.56 Å². The molecule has 0 spiro atoms. The zero-order valence-electron chi connectivity index (χ0n) is 16.4. The van der Waals surface area contributed by atoms with E-state index in [1.54, 1.807) is 57.6 Å². The average molecular weight is 384 g/mol. The number of benzene rings is 2. The summed E-state index contributed by atoms with van der Waals surface area (Å²) in [6.45, 7) is 1.25. The number of hydrogen-bond acceptors (Lipinski definition) is 6. The van der Waals surface area contributed by atoms with Gasteiger partial charge in [-0.15, -0.1) is 0 Å². The fraction of sp³-hybridized carbons (Fsp3) is 0.286. The lowest BCUT2D eigenvalue weighted by atomic mass is 10.1. The lowest BCUT2D eigenvalue weighted by Gasteiger charge is -2.29. The lowest BCUT2D eigenvalue weighted by molar-refractivity contribution is -0.114. The highest BCUT2D eigenvalue weighted by Crippen LogP contribution is 2.38. The van der Waals surface area contributed by atoms with Crippen molar-refractivity contribution in [3.8, 4) is 23.0 Å². The second-order valence-corrected chi connectivity index (χ2v) is 6.09. The molecule has 0 saturated heterocycles. The van der Waals surface area contributed by atoms with E-state index in [1.165, 1.54) is 0 Å². The van der Waals surface area contributed by atoms with Crippen LogP contribution in [-0.4, -0.2) is 47.4 Å². The van der Waals surface area contributed by atoms with Gasteiger partial charge < -0.3 is 29.2 Å². The van der Waals surface area contributed by atoms with E-state index in [0.29, 0.717) is 30.3 Å². The normalized spacial score (nSPS) is 12.9. The van der Waals surface area contributed by atoms with Crippen LogP contribution in [0.15, 0.2) is 36.4 Å². The number of fused-ring (bicyclic) bond motifs is 1. The number of methoxy groups -OCH3 is 4. The van der Waals surface area contributed by atoms with Crippen molar-refractivity contribution < 1.29 is 23.7 Å². The number of carbonyl (C=O) groups excluding carboxylic acids is 1. The number of nitrogens with one attached hydrogen (secondary N) is 1. The van der Waals surface area contributed by atoms with Gasteiger partial charge in [-0.1, -0.05) is 0 Å². The molecule has 1 aliphatic heterocycles. The standard InChI is InChI=1S/C21H24N2O5/c1-25-15-6-7-17-16(13-15)22-9-10-23(17)20(24)8-5-14-11-18(26-2)21(28-4)19(12-14)27-3/h5-8,11-13,22H,9-10H2,1-4H3. The van der Waals surface area contributed by atoms with Gasteiger partial charge >= 0.3 is 0 Å². The molecule has 3 rings (SSSR count). The Hall–Kier alpha value is -3.35. The maximum absolute atomic E-state index is 12.8. The summed E-state index contributed by atoms with van der Waals surface area (Å²) in [4.78, 5) is 14.5. The molecule has 7 heteroatoms. The topological polar surface area (TPSA) is 69.3 Å². The van der Waals surface area contributed by atoms with Crippen molar-refractivity contribution in [2.24, 2.45) is 0 Å². The molecule has 148 valence electrons. The first kappa shape index (κ1) is 19.4. The van der Waals surface area contributed by atoms with E-state index in [4.69, 9.17) is 18.9 Å². The Balaban J connectivity index is 1.85. The average Bonchev–Trinajstić information content (AvgIpc) is 2.75. The SMILES string of the molecule is COc1ccc2c(c1)NCCN2C(=O)C=Cc1cc(OC)c(OC)c(OC)c1. The van der Waals surface area contributed by atoms with Crippen molar-refractivity contribution in [3.63, 3.8) is 0 Å². The van der Waals surface area contributed by atoms with Crippen LogP contribution in [0.4, 0.5) is 11.4 Å². The number of carbonyl (C=O) groups is 1. The Labute approximate surface area is 164 Å². The van der Waals surface area contributed by atoms with Gasteiger partial charge in [0.05, 0.1) is 39.8 Å². The Morgan fingerprint density at radius 3 is 2.32 bits per heavy atom. The first-order valence-electron chi connectivity index (χ1n) is 8.82. The molecule has 0 unspecified atom stereocenters. The highest BCUT2D eigenvalue weighted by Gasteiger charge is 2.21. The van der Waals surface area contributed by atoms with Gasteiger partial charge in [0, 0.05) is 25.2 Å². The van der Waals surface area contributed by atoms with E-state index in [1.807, 2.05) is 18.2 Å². The smallest absolute Gasteiger partial charge is 0.251 e. The van der Waals surface area contributed by atoms with Gasteiger partial charge in [0.25, 0.3) is 5.91 Å². The molecule has 1 aliphatic rings. The largest absolute Gasteiger partial charge is 0.497 e. The summed E-state index contributed by atoms with van der Waals surface area (Å²) in [5.41, 5.74) is 2.47. The number of hydrogen-bond donors (Lipinski definition) is 1. The van der Waals surface area contributed by atoms with Gasteiger partial charge in [0.15, 0.2) is 11.5 Å². The second kappa shape index (κ2) is 8.56. The van der Waals surface area contributed by atoms with E-state index in [0.717, 1.165) is 22.7 Å². The van der Waals surface area contributed by atoms with Crippen molar-refractivity contribution in [2.45, 2.75) is 0 Å². The van der Waals surface area contributed by atoms with Crippen LogP contribution in [0.5, 0.6) is 23.0 Å². The van der Waals surface area contributed by atoms with E-state index >= 15 is 0 Å². The Morgan fingerprint density at radius 1 is 1.00 bits per heavy atom. The molecular weight excluding hydrogens is 360 g/mol. The summed E-state index contributed by atoms with van der Waals surface area (Å²) >= 11 is 0. The van der Waals surface area contributed by atoms with Crippen LogP contribution in [0, 0.1) is 0 Å². The van der Waals surface area contributed by atoms with Crippen molar-refractivity contribution in [1.82, 2.24) is 0 Å². The van der Waals surface area contributed by atoms with Gasteiger partial charge in [-0.2, -0.15) is 0 Å². The van der Waals surface area contributed by atoms with Crippen LogP contribution in [0.3, 0.4) is 0 Å². The maximum atomic E-state index is 12.8. The lowest BCUT2D eigenvalue weighted by Crippen LogP contribution is -2.37. The molecule has 1 heterocycles. The third kappa shape index (κ3) is 3.83. The first-order chi connectivity index (χ1) is 13.6. The minimum Gasteiger partial charge on any atom is -0.497 e. The summed E-state index contributed by atoms with van der Waals surface area (Å²) in [5, 5.41) is 3.29. The highest BCUT2D eigenvalue weighted by molar-refractivity contribution is 6.06. The van der Waals surface area contributed by atoms with Gasteiger partial charge in [-0.25, -0.2) is 0 Å². The summed E-state index contributed by atoms with van der Waals surface area (Å²) < 4.78 is 21.3. The van der Waals surface area contributed by atoms with E-state index in [9.17, 15) is 4.79 Å². The Kier molecular flexibility index (Phi) is 5.93. The molecule has 0 fully saturated rings. The molecule has 2 aromatic rings. The number of anilines is 2. The number of ether oxygens (including phenoxy) is 4. The van der Waals surface area contributed by atoms with Crippen molar-refractivity contribution in [2.75, 3.05) is 51.7 Å². The summed E-state index contributed by atoms with van der Waals surface area (Å²) in [7, 11) is 6.29. The van der Waals surface area contributed by atoms with E-state index in [2.05, 4.69) is 5.32 Å². The summed E-state index contributed by atoms with van der Waals surface area (Å²) in [6.07, 6.45) is 3.28. The zero-order valence-corrected chi connectivity index (χ0v) is 16.4. The number of rotatable bonds is 6. The number of nitrogens with zero attached hydrogens (tertiary/aromatic N) is 1. The minimum atomic E-state index is -0.110. The molecule has 0 saturated carbocycles. The second-order valence-electron chi connectivity index (χ2n) is 6.09. The van der Waals surface area contributed by atoms with Crippen molar-refractivity contribution in [3.05, 3.63) is 42.0 Å². The summed E-state index contributed by atoms with van der Waals surface area (Å²) in [5.74, 6) is 2.22. The molecule has 0 aromatic heterocycles. The zero-order chi connectivity index (χ0) is 20.1. The highest BCUT2D eigenvalue weighted by atomic mass is 16.5. The third-order valence-corrected chi connectivity index (χ3v) is 4.52. The molecule has 0 bridgehead atoms. The third-order valence-electron chi connectivity index (χ3n) is 4.52. The van der Waals surface area contributed by atoms with Gasteiger partial charge in [-0.3, -0.25) is 4.79 Å². The molecule has 1 N–H and O–H groups in total. The first-order valence-corrected chi connectivity index (χ1v) is 8.82. The van der Waals surface area contributed by atoms with Crippen LogP contribution < -0.4 is 29.2 Å². The van der Waals surface area contributed by atoms with Crippen LogP contribution >= 0.6 is 0 Å². The van der Waals surface area contributed by atoms with Gasteiger partial charge in [-0.05, 0) is 35.9 Å². The summed E-state index contributed by atoms with van der Waals surface area (Å²) in [6, 6.07) is 9.20. The Bertz CT molecular complexity index is 869. The number of amides is 1.